The van der Waals surface area contributed by atoms with Crippen LogP contribution in [0.3, 0.4) is 0 Å². The van der Waals surface area contributed by atoms with E-state index in [1.165, 1.54) is 17.1 Å². The highest BCUT2D eigenvalue weighted by Gasteiger charge is 2.64. The Labute approximate surface area is 248 Å². The molecule has 11 heteroatoms. The quantitative estimate of drug-likeness (QED) is 0.327. The summed E-state index contributed by atoms with van der Waals surface area (Å²) in [7, 11) is -0.943. The van der Waals surface area contributed by atoms with Crippen LogP contribution >= 0.6 is 9.24 Å². The van der Waals surface area contributed by atoms with Gasteiger partial charge in [-0.1, -0.05) is 27.2 Å². The molecule has 4 aliphatic rings. The molecule has 0 bridgehead atoms. The molecule has 3 unspecified atom stereocenters. The van der Waals surface area contributed by atoms with E-state index in [-0.39, 0.29) is 39.5 Å². The van der Waals surface area contributed by atoms with E-state index in [2.05, 4.69) is 45.1 Å². The summed E-state index contributed by atoms with van der Waals surface area (Å²) in [5.74, 6) is 2.41. The van der Waals surface area contributed by atoms with Crippen molar-refractivity contribution >= 4 is 25.3 Å². The zero-order valence-electron chi connectivity index (χ0n) is 25.1. The summed E-state index contributed by atoms with van der Waals surface area (Å²) in [6, 6.07) is -0.723. The van der Waals surface area contributed by atoms with E-state index in [1.54, 1.807) is 0 Å². The number of fused-ring (bicyclic) bond motifs is 5. The van der Waals surface area contributed by atoms with Gasteiger partial charge in [-0.3, -0.25) is 4.68 Å². The Hall–Kier alpha value is -1.22. The fraction of sp³-hybridized carbons (Fsp3) is 0.867. The number of aliphatic hydroxyl groups is 2. The summed E-state index contributed by atoms with van der Waals surface area (Å²) < 4.78 is 28.7. The Morgan fingerprint density at radius 1 is 1.12 bits per heavy atom. The van der Waals surface area contributed by atoms with Crippen molar-refractivity contribution in [3.63, 3.8) is 0 Å². The summed E-state index contributed by atoms with van der Waals surface area (Å²) >= 11 is 0. The first-order valence-electron chi connectivity index (χ1n) is 15.8. The molecule has 4 N–H and O–H groups in total. The molecule has 1 aromatic heterocycles. The topological polar surface area (TPSA) is 134 Å². The van der Waals surface area contributed by atoms with Crippen molar-refractivity contribution in [3.05, 3.63) is 12.4 Å². The maximum atomic E-state index is 12.5. The Morgan fingerprint density at radius 2 is 1.83 bits per heavy atom. The number of aromatic nitrogens is 2. The van der Waals surface area contributed by atoms with Crippen LogP contribution in [0.5, 0.6) is 0 Å². The maximum Gasteiger partial charge on any atom is 0.328 e. The number of aliphatic hydroxyl groups excluding tert-OH is 2. The second-order valence-corrected chi connectivity index (χ2v) is 16.5. The summed E-state index contributed by atoms with van der Waals surface area (Å²) in [6.45, 7) is 9.91. The molecule has 232 valence electrons. The van der Waals surface area contributed by atoms with Crippen molar-refractivity contribution in [3.8, 4) is 0 Å². The number of carbonyl (C=O) groups excluding carboxylic acids is 1. The standard InChI is InChI=1S/C30H51N4O5PS/c1-5-20-24-15-18(35)9-12-30(24,4)23-10-13-29(3)21(7-8-22(29)26(23)27(20)36)25(40)11-14-31-28(37)33-41(38,39)19-16-32-34(6-2)17-19/h16-18,20-27,35-36H,5-15,40H2,1-4H3,(H2,31,33,37)/t18-,20-,21-,22?,23?,24+,25-,26+,27-,29-,30-/m1/s1. The molecule has 4 aliphatic carbocycles. The summed E-state index contributed by atoms with van der Waals surface area (Å²) in [6.07, 6.45) is 11.1. The van der Waals surface area contributed by atoms with Crippen LogP contribution in [0.1, 0.15) is 85.5 Å². The molecule has 41 heavy (non-hydrogen) atoms. The Balaban J connectivity index is 1.21. The number of urea groups is 1. The lowest BCUT2D eigenvalue weighted by atomic mass is 9.41. The van der Waals surface area contributed by atoms with Crippen molar-refractivity contribution < 1.29 is 23.4 Å². The van der Waals surface area contributed by atoms with Crippen LogP contribution in [-0.4, -0.2) is 58.9 Å². The minimum Gasteiger partial charge on any atom is -0.393 e. The summed E-state index contributed by atoms with van der Waals surface area (Å²) in [4.78, 5) is 12.4. The molecule has 0 saturated heterocycles. The van der Waals surface area contributed by atoms with Crippen LogP contribution in [0, 0.1) is 46.3 Å². The molecular formula is C30H51N4O5PS. The molecule has 2 amide bonds. The predicted molar refractivity (Wildman–Crippen MR) is 162 cm³/mol. The molecule has 4 saturated carbocycles. The van der Waals surface area contributed by atoms with Crippen molar-refractivity contribution in [2.45, 2.75) is 115 Å². The maximum absolute atomic E-state index is 12.5. The zero-order chi connectivity index (χ0) is 29.7. The largest absolute Gasteiger partial charge is 0.393 e. The van der Waals surface area contributed by atoms with Gasteiger partial charge in [0.25, 0.3) is 10.0 Å². The van der Waals surface area contributed by atoms with Gasteiger partial charge in [-0.15, -0.1) is 9.24 Å². The van der Waals surface area contributed by atoms with E-state index in [0.29, 0.717) is 42.7 Å². The molecule has 4 fully saturated rings. The predicted octanol–water partition coefficient (Wildman–Crippen LogP) is 4.15. The lowest BCUT2D eigenvalue weighted by Crippen LogP contribution is -2.62. The summed E-state index contributed by atoms with van der Waals surface area (Å²) in [5, 5.41) is 29.1. The molecule has 0 spiro atoms. The second kappa shape index (κ2) is 11.7. The minimum absolute atomic E-state index is 0.0289. The Morgan fingerprint density at radius 3 is 2.51 bits per heavy atom. The first kappa shape index (κ1) is 31.2. The fourth-order valence-electron chi connectivity index (χ4n) is 10.1. The first-order valence-corrected chi connectivity index (χ1v) is 18.0. The van der Waals surface area contributed by atoms with Gasteiger partial charge in [0.1, 0.15) is 4.90 Å². The molecule has 1 aromatic rings. The molecule has 12 atom stereocenters. The van der Waals surface area contributed by atoms with Crippen LogP contribution in [0.25, 0.3) is 0 Å². The van der Waals surface area contributed by atoms with E-state index in [0.717, 1.165) is 57.8 Å². The highest BCUT2D eigenvalue weighted by atomic mass is 32.2. The molecule has 9 nitrogen and oxygen atoms in total. The number of carbonyl (C=O) groups is 1. The van der Waals surface area contributed by atoms with Gasteiger partial charge in [0, 0.05) is 19.3 Å². The van der Waals surface area contributed by atoms with Crippen LogP contribution in [-0.2, 0) is 16.6 Å². The number of hydrogen-bond donors (Lipinski definition) is 4. The molecule has 0 radical (unpaired) electrons. The smallest absolute Gasteiger partial charge is 0.328 e. The van der Waals surface area contributed by atoms with Crippen LogP contribution in [0.2, 0.25) is 0 Å². The van der Waals surface area contributed by atoms with E-state index >= 15 is 0 Å². The highest BCUT2D eigenvalue weighted by Crippen LogP contribution is 2.69. The van der Waals surface area contributed by atoms with Crippen LogP contribution < -0.4 is 10.0 Å². The zero-order valence-corrected chi connectivity index (χ0v) is 27.1. The average Bonchev–Trinajstić information content (AvgIpc) is 3.55. The van der Waals surface area contributed by atoms with Crippen molar-refractivity contribution in [1.29, 1.82) is 0 Å². The fourth-order valence-corrected chi connectivity index (χ4v) is 11.8. The van der Waals surface area contributed by atoms with Gasteiger partial charge < -0.3 is 15.5 Å². The third-order valence-electron chi connectivity index (χ3n) is 12.2. The first-order chi connectivity index (χ1) is 19.4. The number of hydrogen-bond acceptors (Lipinski definition) is 6. The third-order valence-corrected chi connectivity index (χ3v) is 14.3. The Kier molecular flexibility index (Phi) is 8.91. The van der Waals surface area contributed by atoms with E-state index in [9.17, 15) is 23.4 Å². The lowest BCUT2D eigenvalue weighted by Gasteiger charge is -2.64. The van der Waals surface area contributed by atoms with E-state index in [4.69, 9.17) is 0 Å². The number of nitrogens with zero attached hydrogens (tertiary/aromatic N) is 2. The average molecular weight is 611 g/mol. The lowest BCUT2D eigenvalue weighted by molar-refractivity contribution is -0.202. The second-order valence-electron chi connectivity index (χ2n) is 14.0. The third kappa shape index (κ3) is 5.49. The molecule has 0 aromatic carbocycles. The van der Waals surface area contributed by atoms with Gasteiger partial charge in [-0.25, -0.2) is 17.9 Å². The van der Waals surface area contributed by atoms with E-state index < -0.39 is 16.1 Å². The highest BCUT2D eigenvalue weighted by molar-refractivity contribution is 7.90. The minimum atomic E-state index is -3.97. The normalized spacial score (nSPS) is 41.1. The van der Waals surface area contributed by atoms with Crippen molar-refractivity contribution in [2.24, 2.45) is 46.3 Å². The van der Waals surface area contributed by atoms with Crippen molar-refractivity contribution in [1.82, 2.24) is 19.8 Å². The Bertz CT molecular complexity index is 1210. The molecule has 1 heterocycles. The van der Waals surface area contributed by atoms with E-state index in [1.807, 2.05) is 6.92 Å². The van der Waals surface area contributed by atoms with Gasteiger partial charge in [-0.05, 0) is 110 Å². The number of aryl methyl sites for hydroxylation is 1. The van der Waals surface area contributed by atoms with Gasteiger partial charge in [0.2, 0.25) is 0 Å². The number of rotatable bonds is 8. The van der Waals surface area contributed by atoms with Gasteiger partial charge in [0.15, 0.2) is 0 Å². The molecule has 5 rings (SSSR count). The van der Waals surface area contributed by atoms with Gasteiger partial charge in [0.05, 0.1) is 18.4 Å². The van der Waals surface area contributed by atoms with Crippen molar-refractivity contribution in [2.75, 3.05) is 6.54 Å². The monoisotopic (exact) mass is 610 g/mol. The number of sulfonamides is 1. The SMILES string of the molecule is CC[C@H]1[C@@H](O)[C@H]2C3CC[C@H]([C@H](P)CCNC(=O)NS(=O)(=O)c4cnn(CC)c4)[C@@]3(C)CCC2[C@@]2(C)CC[C@@H](O)C[C@@H]12. The summed E-state index contributed by atoms with van der Waals surface area (Å²) in [5.41, 5.74) is 0.614. The number of amides is 2. The number of nitrogens with one attached hydrogen (secondary N) is 2. The molecule has 0 aliphatic heterocycles. The molecular weight excluding hydrogens is 559 g/mol. The van der Waals surface area contributed by atoms with Crippen LogP contribution in [0.4, 0.5) is 4.79 Å². The van der Waals surface area contributed by atoms with Gasteiger partial charge in [-0.2, -0.15) is 5.10 Å². The van der Waals surface area contributed by atoms with Gasteiger partial charge >= 0.3 is 6.03 Å². The van der Waals surface area contributed by atoms with Crippen LogP contribution in [0.15, 0.2) is 17.3 Å².